The third-order valence-electron chi connectivity index (χ3n) is 2.34. The second-order valence-electron chi connectivity index (χ2n) is 3.68. The normalized spacial score (nSPS) is 12.2. The van der Waals surface area contributed by atoms with E-state index in [1.54, 1.807) is 25.3 Å². The zero-order valence-corrected chi connectivity index (χ0v) is 12.1. The Kier molecular flexibility index (Phi) is 5.95. The summed E-state index contributed by atoms with van der Waals surface area (Å²) in [6, 6.07) is 5.30. The summed E-state index contributed by atoms with van der Waals surface area (Å²) in [6.45, 7) is 2.89. The quantitative estimate of drug-likeness (QED) is 0.847. The summed E-state index contributed by atoms with van der Waals surface area (Å²) in [7, 11) is 1.62. The molecule has 1 amide bonds. The predicted octanol–water partition coefficient (Wildman–Crippen LogP) is 2.79. The highest BCUT2D eigenvalue weighted by molar-refractivity contribution is 9.09. The third-order valence-corrected chi connectivity index (χ3v) is 3.34. The van der Waals surface area contributed by atoms with E-state index in [0.717, 1.165) is 5.56 Å². The van der Waals surface area contributed by atoms with Crippen LogP contribution in [0.1, 0.15) is 15.9 Å². The molecule has 17 heavy (non-hydrogen) atoms. The smallest absolute Gasteiger partial charge is 0.251 e. The van der Waals surface area contributed by atoms with Crippen LogP contribution in [0.4, 0.5) is 0 Å². The Balaban J connectivity index is 2.61. The fraction of sp³-hybridized carbons (Fsp3) is 0.417. The Morgan fingerprint density at radius 2 is 2.29 bits per heavy atom. The number of ether oxygens (including phenoxy) is 1. The summed E-state index contributed by atoms with van der Waals surface area (Å²) in [5.41, 5.74) is 1.40. The third kappa shape index (κ3) is 4.30. The molecule has 1 rings (SSSR count). The zero-order chi connectivity index (χ0) is 12.8. The van der Waals surface area contributed by atoms with Crippen LogP contribution in [0.15, 0.2) is 18.2 Å². The molecule has 0 aliphatic rings. The molecule has 94 valence electrons. The molecule has 5 heteroatoms. The number of hydrogen-bond acceptors (Lipinski definition) is 2. The van der Waals surface area contributed by atoms with Gasteiger partial charge in [0.25, 0.3) is 5.91 Å². The van der Waals surface area contributed by atoms with Crippen molar-refractivity contribution < 1.29 is 9.53 Å². The van der Waals surface area contributed by atoms with Crippen molar-refractivity contribution in [3.05, 3.63) is 34.3 Å². The van der Waals surface area contributed by atoms with Crippen molar-refractivity contribution in [1.82, 2.24) is 5.32 Å². The van der Waals surface area contributed by atoms with Crippen LogP contribution in [0.25, 0.3) is 0 Å². The van der Waals surface area contributed by atoms with Gasteiger partial charge in [-0.15, -0.1) is 0 Å². The minimum atomic E-state index is -0.120. The largest absolute Gasteiger partial charge is 0.383 e. The molecule has 0 heterocycles. The lowest BCUT2D eigenvalue weighted by molar-refractivity contribution is 0.0949. The van der Waals surface area contributed by atoms with E-state index in [-0.39, 0.29) is 10.7 Å². The Morgan fingerprint density at radius 3 is 2.94 bits per heavy atom. The fourth-order valence-corrected chi connectivity index (χ4v) is 1.99. The van der Waals surface area contributed by atoms with Crippen molar-refractivity contribution in [2.75, 3.05) is 20.3 Å². The number of halogens is 2. The monoisotopic (exact) mass is 319 g/mol. The molecule has 0 saturated heterocycles. The Labute approximate surface area is 115 Å². The maximum atomic E-state index is 11.9. The highest BCUT2D eigenvalue weighted by atomic mass is 79.9. The second-order valence-corrected chi connectivity index (χ2v) is 5.38. The van der Waals surface area contributed by atoms with Gasteiger partial charge in [-0.2, -0.15) is 0 Å². The molecule has 0 aliphatic carbocycles. The Bertz CT molecular complexity index is 398. The number of carbonyl (C=O) groups is 1. The summed E-state index contributed by atoms with van der Waals surface area (Å²) in [6.07, 6.45) is 0. The number of carbonyl (C=O) groups excluding carboxylic acids is 1. The van der Waals surface area contributed by atoms with Crippen LogP contribution >= 0.6 is 27.5 Å². The number of benzene rings is 1. The van der Waals surface area contributed by atoms with Crippen molar-refractivity contribution in [3.63, 3.8) is 0 Å². The lowest BCUT2D eigenvalue weighted by Crippen LogP contribution is -2.31. The van der Waals surface area contributed by atoms with E-state index in [1.807, 2.05) is 6.92 Å². The van der Waals surface area contributed by atoms with Gasteiger partial charge in [-0.05, 0) is 24.6 Å². The SMILES string of the molecule is COCC(Br)CNC(=O)c1cccc(Cl)c1C. The van der Waals surface area contributed by atoms with Gasteiger partial charge >= 0.3 is 0 Å². The standard InChI is InChI=1S/C12H15BrClNO2/c1-8-10(4-3-5-11(8)14)12(16)15-6-9(13)7-17-2/h3-5,9H,6-7H2,1-2H3,(H,15,16). The van der Waals surface area contributed by atoms with E-state index in [4.69, 9.17) is 16.3 Å². The van der Waals surface area contributed by atoms with Gasteiger partial charge in [-0.3, -0.25) is 4.79 Å². The number of nitrogens with one attached hydrogen (secondary N) is 1. The van der Waals surface area contributed by atoms with E-state index in [1.165, 1.54) is 0 Å². The van der Waals surface area contributed by atoms with Gasteiger partial charge < -0.3 is 10.1 Å². The van der Waals surface area contributed by atoms with Crippen molar-refractivity contribution in [2.24, 2.45) is 0 Å². The van der Waals surface area contributed by atoms with E-state index >= 15 is 0 Å². The van der Waals surface area contributed by atoms with Gasteiger partial charge in [0.05, 0.1) is 11.4 Å². The molecule has 1 unspecified atom stereocenters. The summed E-state index contributed by atoms with van der Waals surface area (Å²) < 4.78 is 4.97. The molecule has 0 saturated carbocycles. The molecule has 3 nitrogen and oxygen atoms in total. The molecule has 0 aliphatic heterocycles. The minimum Gasteiger partial charge on any atom is -0.383 e. The van der Waals surface area contributed by atoms with Gasteiger partial charge in [0, 0.05) is 24.2 Å². The number of amides is 1. The van der Waals surface area contributed by atoms with Crippen LogP contribution in [0, 0.1) is 6.92 Å². The van der Waals surface area contributed by atoms with Crippen LogP contribution in [0.3, 0.4) is 0 Å². The predicted molar refractivity (Wildman–Crippen MR) is 73.1 cm³/mol. The maximum Gasteiger partial charge on any atom is 0.251 e. The van der Waals surface area contributed by atoms with Crippen LogP contribution < -0.4 is 5.32 Å². The van der Waals surface area contributed by atoms with E-state index < -0.39 is 0 Å². The van der Waals surface area contributed by atoms with E-state index in [2.05, 4.69) is 21.2 Å². The molecule has 1 N–H and O–H groups in total. The van der Waals surface area contributed by atoms with Gasteiger partial charge in [0.15, 0.2) is 0 Å². The summed E-state index contributed by atoms with van der Waals surface area (Å²) in [4.78, 5) is 12.0. The van der Waals surface area contributed by atoms with Crippen LogP contribution in [-0.2, 0) is 4.74 Å². The number of rotatable bonds is 5. The average Bonchev–Trinajstić information content (AvgIpc) is 2.30. The van der Waals surface area contributed by atoms with Crippen molar-refractivity contribution in [2.45, 2.75) is 11.8 Å². The lowest BCUT2D eigenvalue weighted by atomic mass is 10.1. The highest BCUT2D eigenvalue weighted by Gasteiger charge is 2.12. The summed E-state index contributed by atoms with van der Waals surface area (Å²) in [5, 5.41) is 3.43. The first-order valence-electron chi connectivity index (χ1n) is 5.22. The van der Waals surface area contributed by atoms with Gasteiger partial charge in [0.2, 0.25) is 0 Å². The van der Waals surface area contributed by atoms with Gasteiger partial charge in [-0.25, -0.2) is 0 Å². The van der Waals surface area contributed by atoms with Crippen molar-refractivity contribution in [1.29, 1.82) is 0 Å². The molecule has 0 spiro atoms. The number of alkyl halides is 1. The molecule has 1 atom stereocenters. The topological polar surface area (TPSA) is 38.3 Å². The number of hydrogen-bond donors (Lipinski definition) is 1. The zero-order valence-electron chi connectivity index (χ0n) is 9.80. The van der Waals surface area contributed by atoms with Gasteiger partial charge in [0.1, 0.15) is 0 Å². The number of methoxy groups -OCH3 is 1. The van der Waals surface area contributed by atoms with Crippen LogP contribution in [0.2, 0.25) is 5.02 Å². The summed E-state index contributed by atoms with van der Waals surface area (Å²) in [5.74, 6) is -0.120. The first kappa shape index (κ1) is 14.5. The molecule has 1 aromatic carbocycles. The summed E-state index contributed by atoms with van der Waals surface area (Å²) >= 11 is 9.37. The van der Waals surface area contributed by atoms with Crippen molar-refractivity contribution >= 4 is 33.4 Å². The molecule has 0 aromatic heterocycles. The Morgan fingerprint density at radius 1 is 1.59 bits per heavy atom. The van der Waals surface area contributed by atoms with Gasteiger partial charge in [-0.1, -0.05) is 33.6 Å². The molecule has 1 aromatic rings. The first-order valence-corrected chi connectivity index (χ1v) is 6.52. The van der Waals surface area contributed by atoms with Crippen LogP contribution in [-0.4, -0.2) is 31.0 Å². The average molecular weight is 321 g/mol. The highest BCUT2D eigenvalue weighted by Crippen LogP contribution is 2.18. The Hall–Kier alpha value is -0.580. The molecular weight excluding hydrogens is 305 g/mol. The molecular formula is C12H15BrClNO2. The van der Waals surface area contributed by atoms with E-state index in [9.17, 15) is 4.79 Å². The van der Waals surface area contributed by atoms with Crippen LogP contribution in [0.5, 0.6) is 0 Å². The fourth-order valence-electron chi connectivity index (χ4n) is 1.39. The minimum absolute atomic E-state index is 0.107. The van der Waals surface area contributed by atoms with E-state index in [0.29, 0.717) is 23.7 Å². The molecule has 0 fully saturated rings. The molecule has 0 bridgehead atoms. The first-order chi connectivity index (χ1) is 8.06. The maximum absolute atomic E-state index is 11.9. The second kappa shape index (κ2) is 6.99. The van der Waals surface area contributed by atoms with Crippen molar-refractivity contribution in [3.8, 4) is 0 Å². The lowest BCUT2D eigenvalue weighted by Gasteiger charge is -2.11. The molecule has 0 radical (unpaired) electrons.